The van der Waals surface area contributed by atoms with Crippen molar-refractivity contribution in [2.75, 3.05) is 12.0 Å². The molecule has 0 spiro atoms. The summed E-state index contributed by atoms with van der Waals surface area (Å²) in [6.07, 6.45) is 5.13. The van der Waals surface area contributed by atoms with Gasteiger partial charge in [0.05, 0.1) is 0 Å². The van der Waals surface area contributed by atoms with Crippen LogP contribution in [0.4, 0.5) is 5.82 Å². The van der Waals surface area contributed by atoms with Crippen LogP contribution in [0, 0.1) is 0 Å². The Morgan fingerprint density at radius 2 is 2.11 bits per heavy atom. The second-order valence-electron chi connectivity index (χ2n) is 3.65. The summed E-state index contributed by atoms with van der Waals surface area (Å²) in [6.45, 7) is 0. The van der Waals surface area contributed by atoms with Crippen LogP contribution in [0.25, 0.3) is 6.08 Å². The number of carbonyl (C=O) groups excluding carboxylic acids is 1. The number of ketones is 1. The molecule has 0 aliphatic rings. The van der Waals surface area contributed by atoms with E-state index in [2.05, 4.69) is 4.98 Å². The zero-order chi connectivity index (χ0) is 13.8. The van der Waals surface area contributed by atoms with Crippen molar-refractivity contribution < 1.29 is 4.79 Å². The summed E-state index contributed by atoms with van der Waals surface area (Å²) >= 11 is 8.58. The van der Waals surface area contributed by atoms with E-state index in [9.17, 15) is 4.79 Å². The summed E-state index contributed by atoms with van der Waals surface area (Å²) in [4.78, 5) is 16.6. The molecule has 0 atom stereocenters. The molecule has 1 aromatic heterocycles. The third-order valence-electron chi connectivity index (χ3n) is 2.33. The maximum atomic E-state index is 12.0. The molecule has 0 unspecified atom stereocenters. The lowest BCUT2D eigenvalue weighted by Crippen LogP contribution is -1.96. The largest absolute Gasteiger partial charge is 0.382 e. The second kappa shape index (κ2) is 6.23. The van der Waals surface area contributed by atoms with Crippen LogP contribution in [0.2, 0.25) is 5.02 Å². The van der Waals surface area contributed by atoms with Gasteiger partial charge in [-0.2, -0.15) is 0 Å². The molecule has 2 N–H and O–H groups in total. The highest BCUT2D eigenvalue weighted by Crippen LogP contribution is 2.28. The number of hydrogen-bond donors (Lipinski definition) is 1. The Morgan fingerprint density at radius 1 is 1.42 bits per heavy atom. The zero-order valence-electron chi connectivity index (χ0n) is 10.1. The highest BCUT2D eigenvalue weighted by molar-refractivity contribution is 8.00. The van der Waals surface area contributed by atoms with Crippen LogP contribution in [0.1, 0.15) is 15.2 Å². The molecule has 0 bridgehead atoms. The van der Waals surface area contributed by atoms with E-state index >= 15 is 0 Å². The third kappa shape index (κ3) is 3.59. The molecule has 0 fully saturated rings. The molecule has 19 heavy (non-hydrogen) atoms. The summed E-state index contributed by atoms with van der Waals surface area (Å²) in [5, 5.41) is 0.666. The molecule has 0 radical (unpaired) electrons. The maximum absolute atomic E-state index is 12.0. The number of nitrogens with zero attached hydrogens (tertiary/aromatic N) is 1. The fraction of sp³-hybridized carbons (Fsp3) is 0.0769. The topological polar surface area (TPSA) is 56.0 Å². The maximum Gasteiger partial charge on any atom is 0.199 e. The SMILES string of the molecule is CSc1nc(N)c(C(=O)/C=C/c2ccc(Cl)cc2)s1. The lowest BCUT2D eigenvalue weighted by atomic mass is 10.2. The van der Waals surface area contributed by atoms with Crippen LogP contribution >= 0.6 is 34.7 Å². The van der Waals surface area contributed by atoms with Crippen LogP contribution in [0.5, 0.6) is 0 Å². The van der Waals surface area contributed by atoms with E-state index in [1.54, 1.807) is 18.2 Å². The first-order chi connectivity index (χ1) is 9.10. The fourth-order valence-electron chi connectivity index (χ4n) is 1.40. The van der Waals surface area contributed by atoms with Gasteiger partial charge in [0, 0.05) is 5.02 Å². The van der Waals surface area contributed by atoms with E-state index in [-0.39, 0.29) is 5.78 Å². The first-order valence-corrected chi connectivity index (χ1v) is 7.80. The minimum absolute atomic E-state index is 0.134. The number of benzene rings is 1. The lowest BCUT2D eigenvalue weighted by Gasteiger charge is -1.94. The summed E-state index contributed by atoms with van der Waals surface area (Å²) in [6, 6.07) is 7.24. The van der Waals surface area contributed by atoms with Gasteiger partial charge in [-0.1, -0.05) is 41.6 Å². The van der Waals surface area contributed by atoms with Crippen LogP contribution in [0.15, 0.2) is 34.7 Å². The number of thioether (sulfide) groups is 1. The standard InChI is InChI=1S/C13H11ClN2OS2/c1-18-13-16-12(15)11(19-13)10(17)7-4-8-2-5-9(14)6-3-8/h2-7H,15H2,1H3/b7-4+. The molecule has 2 aromatic rings. The quantitative estimate of drug-likeness (QED) is 0.527. The number of nitrogen functional groups attached to an aromatic ring is 1. The van der Waals surface area contributed by atoms with Crippen molar-refractivity contribution in [3.05, 3.63) is 45.8 Å². The molecule has 1 heterocycles. The molecule has 6 heteroatoms. The van der Waals surface area contributed by atoms with E-state index in [4.69, 9.17) is 17.3 Å². The van der Waals surface area contributed by atoms with Gasteiger partial charge >= 0.3 is 0 Å². The predicted molar refractivity (Wildman–Crippen MR) is 83.1 cm³/mol. The van der Waals surface area contributed by atoms with Crippen LogP contribution in [-0.4, -0.2) is 17.0 Å². The van der Waals surface area contributed by atoms with Crippen LogP contribution in [0.3, 0.4) is 0 Å². The lowest BCUT2D eigenvalue weighted by molar-refractivity contribution is 0.105. The van der Waals surface area contributed by atoms with Gasteiger partial charge in [0.1, 0.15) is 10.7 Å². The van der Waals surface area contributed by atoms with Crippen molar-refractivity contribution in [3.63, 3.8) is 0 Å². The number of aromatic nitrogens is 1. The van der Waals surface area contributed by atoms with Crippen molar-refractivity contribution in [1.82, 2.24) is 4.98 Å². The number of halogens is 1. The number of hydrogen-bond acceptors (Lipinski definition) is 5. The van der Waals surface area contributed by atoms with E-state index in [0.29, 0.717) is 15.7 Å². The summed E-state index contributed by atoms with van der Waals surface area (Å²) in [7, 11) is 0. The normalized spacial score (nSPS) is 11.1. The van der Waals surface area contributed by atoms with Crippen molar-refractivity contribution in [2.45, 2.75) is 4.34 Å². The van der Waals surface area contributed by atoms with Gasteiger partial charge < -0.3 is 5.73 Å². The molecular weight excluding hydrogens is 300 g/mol. The monoisotopic (exact) mass is 310 g/mol. The van der Waals surface area contributed by atoms with Crippen LogP contribution < -0.4 is 5.73 Å². The molecule has 0 aliphatic carbocycles. The number of allylic oxidation sites excluding steroid dienone is 1. The van der Waals surface area contributed by atoms with E-state index in [1.165, 1.54) is 29.2 Å². The first-order valence-electron chi connectivity index (χ1n) is 5.38. The molecule has 3 nitrogen and oxygen atoms in total. The van der Waals surface area contributed by atoms with Gasteiger partial charge in [0.25, 0.3) is 0 Å². The smallest absolute Gasteiger partial charge is 0.199 e. The minimum atomic E-state index is -0.134. The zero-order valence-corrected chi connectivity index (χ0v) is 12.5. The Labute approximate surface area is 124 Å². The number of thiazole rings is 1. The minimum Gasteiger partial charge on any atom is -0.382 e. The Bertz CT molecular complexity index is 620. The molecule has 2 rings (SSSR count). The van der Waals surface area contributed by atoms with Gasteiger partial charge in [-0.05, 0) is 30.0 Å². The third-order valence-corrected chi connectivity index (χ3v) is 4.65. The molecule has 0 aliphatic heterocycles. The Balaban J connectivity index is 2.16. The van der Waals surface area contributed by atoms with Crippen molar-refractivity contribution in [2.24, 2.45) is 0 Å². The summed E-state index contributed by atoms with van der Waals surface area (Å²) in [5.41, 5.74) is 6.63. The van der Waals surface area contributed by atoms with Gasteiger partial charge in [-0.15, -0.1) is 11.3 Å². The number of anilines is 1. The predicted octanol–water partition coefficient (Wildman–Crippen LogP) is 4.00. The van der Waals surface area contributed by atoms with Crippen molar-refractivity contribution in [3.8, 4) is 0 Å². The van der Waals surface area contributed by atoms with E-state index in [0.717, 1.165) is 9.90 Å². The summed E-state index contributed by atoms with van der Waals surface area (Å²) < 4.78 is 0.792. The van der Waals surface area contributed by atoms with Gasteiger partial charge in [-0.3, -0.25) is 4.79 Å². The molecule has 98 valence electrons. The van der Waals surface area contributed by atoms with Crippen LogP contribution in [-0.2, 0) is 0 Å². The average molecular weight is 311 g/mol. The molecule has 0 saturated heterocycles. The number of nitrogens with two attached hydrogens (primary N) is 1. The Kier molecular flexibility index (Phi) is 4.63. The Hall–Kier alpha value is -1.30. The van der Waals surface area contributed by atoms with E-state index in [1.807, 2.05) is 18.4 Å². The second-order valence-corrected chi connectivity index (χ2v) is 6.14. The number of carbonyl (C=O) groups is 1. The summed E-state index contributed by atoms with van der Waals surface area (Å²) in [5.74, 6) is 0.158. The van der Waals surface area contributed by atoms with Gasteiger partial charge in [0.2, 0.25) is 0 Å². The number of rotatable bonds is 4. The van der Waals surface area contributed by atoms with Crippen molar-refractivity contribution in [1.29, 1.82) is 0 Å². The Morgan fingerprint density at radius 3 is 2.68 bits per heavy atom. The first kappa shape index (κ1) is 14.1. The van der Waals surface area contributed by atoms with Gasteiger partial charge in [-0.25, -0.2) is 4.98 Å². The van der Waals surface area contributed by atoms with Gasteiger partial charge in [0.15, 0.2) is 10.1 Å². The molecule has 0 amide bonds. The highest BCUT2D eigenvalue weighted by atomic mass is 35.5. The van der Waals surface area contributed by atoms with E-state index < -0.39 is 0 Å². The molecular formula is C13H11ClN2OS2. The fourth-order valence-corrected chi connectivity index (χ4v) is 2.93. The average Bonchev–Trinajstić information content (AvgIpc) is 2.79. The molecule has 0 saturated carbocycles. The van der Waals surface area contributed by atoms with Crippen molar-refractivity contribution >= 4 is 52.4 Å². The molecule has 1 aromatic carbocycles. The highest BCUT2D eigenvalue weighted by Gasteiger charge is 2.13.